The lowest BCUT2D eigenvalue weighted by atomic mass is 10.1. The summed E-state index contributed by atoms with van der Waals surface area (Å²) in [6, 6.07) is 12.9. The molecule has 98 valence electrons. The van der Waals surface area contributed by atoms with Gasteiger partial charge in [-0.15, -0.1) is 0 Å². The molecule has 2 aromatic heterocycles. The van der Waals surface area contributed by atoms with Gasteiger partial charge in [-0.05, 0) is 30.7 Å². The van der Waals surface area contributed by atoms with Crippen molar-refractivity contribution in [1.29, 1.82) is 0 Å². The molecule has 0 aliphatic carbocycles. The normalized spacial score (nSPS) is 10.4. The van der Waals surface area contributed by atoms with E-state index in [1.54, 1.807) is 36.7 Å². The molecule has 0 saturated carbocycles. The smallest absolute Gasteiger partial charge is 0.274 e. The maximum absolute atomic E-state index is 12.1. The third kappa shape index (κ3) is 2.23. The highest BCUT2D eigenvalue weighted by Crippen LogP contribution is 2.24. The number of hydrogen-bond acceptors (Lipinski definition) is 3. The number of aromatic nitrogens is 2. The van der Waals surface area contributed by atoms with Gasteiger partial charge in [0.1, 0.15) is 5.69 Å². The molecule has 0 aliphatic heterocycles. The van der Waals surface area contributed by atoms with Crippen LogP contribution in [0.1, 0.15) is 16.1 Å². The Hall–Kier alpha value is -2.75. The third-order valence-electron chi connectivity index (χ3n) is 3.12. The number of carbonyl (C=O) groups is 1. The van der Waals surface area contributed by atoms with Crippen molar-refractivity contribution in [1.82, 2.24) is 9.97 Å². The van der Waals surface area contributed by atoms with Crippen LogP contribution in [0.5, 0.6) is 0 Å². The number of anilines is 1. The van der Waals surface area contributed by atoms with Gasteiger partial charge in [0.05, 0.1) is 11.2 Å². The molecule has 0 unspecified atom stereocenters. The predicted octanol–water partition coefficient (Wildman–Crippen LogP) is 3.19. The zero-order valence-corrected chi connectivity index (χ0v) is 11.0. The average Bonchev–Trinajstić information content (AvgIpc) is 2.49. The Morgan fingerprint density at radius 2 is 1.90 bits per heavy atom. The van der Waals surface area contributed by atoms with E-state index < -0.39 is 0 Å². The molecule has 20 heavy (non-hydrogen) atoms. The van der Waals surface area contributed by atoms with Crippen molar-refractivity contribution in [3.05, 3.63) is 66.1 Å². The Morgan fingerprint density at radius 1 is 1.00 bits per heavy atom. The monoisotopic (exact) mass is 263 g/mol. The molecule has 3 rings (SSSR count). The van der Waals surface area contributed by atoms with Gasteiger partial charge in [0.2, 0.25) is 0 Å². The lowest BCUT2D eigenvalue weighted by Gasteiger charge is -2.09. The second kappa shape index (κ2) is 5.09. The summed E-state index contributed by atoms with van der Waals surface area (Å²) in [7, 11) is 0. The third-order valence-corrected chi connectivity index (χ3v) is 3.12. The van der Waals surface area contributed by atoms with Crippen molar-refractivity contribution in [3.8, 4) is 0 Å². The van der Waals surface area contributed by atoms with Crippen molar-refractivity contribution in [2.75, 3.05) is 5.32 Å². The quantitative estimate of drug-likeness (QED) is 0.772. The lowest BCUT2D eigenvalue weighted by Crippen LogP contribution is -2.13. The van der Waals surface area contributed by atoms with Crippen LogP contribution in [0.3, 0.4) is 0 Å². The summed E-state index contributed by atoms with van der Waals surface area (Å²) in [6.07, 6.45) is 3.30. The fourth-order valence-electron chi connectivity index (χ4n) is 2.12. The summed E-state index contributed by atoms with van der Waals surface area (Å²) in [5.41, 5.74) is 3.11. The largest absolute Gasteiger partial charge is 0.320 e. The van der Waals surface area contributed by atoms with Gasteiger partial charge in [-0.2, -0.15) is 0 Å². The molecule has 2 heterocycles. The maximum Gasteiger partial charge on any atom is 0.274 e. The molecule has 1 aromatic carbocycles. The van der Waals surface area contributed by atoms with Gasteiger partial charge in [-0.1, -0.05) is 24.3 Å². The summed E-state index contributed by atoms with van der Waals surface area (Å²) in [5.74, 6) is -0.223. The minimum absolute atomic E-state index is 0.223. The summed E-state index contributed by atoms with van der Waals surface area (Å²) in [4.78, 5) is 20.5. The summed E-state index contributed by atoms with van der Waals surface area (Å²) < 4.78 is 0. The van der Waals surface area contributed by atoms with E-state index in [0.717, 1.165) is 22.2 Å². The minimum Gasteiger partial charge on any atom is -0.320 e. The average molecular weight is 263 g/mol. The minimum atomic E-state index is -0.223. The molecule has 4 heteroatoms. The molecule has 0 atom stereocenters. The van der Waals surface area contributed by atoms with E-state index in [-0.39, 0.29) is 5.91 Å². The molecule has 0 aliphatic rings. The molecule has 1 N–H and O–H groups in total. The molecular formula is C16H13N3O. The van der Waals surface area contributed by atoms with Crippen molar-refractivity contribution < 1.29 is 4.79 Å². The first kappa shape index (κ1) is 12.3. The molecule has 0 radical (unpaired) electrons. The van der Waals surface area contributed by atoms with Gasteiger partial charge in [-0.3, -0.25) is 14.8 Å². The number of amides is 1. The topological polar surface area (TPSA) is 54.9 Å². The number of nitrogens with one attached hydrogen (secondary N) is 1. The molecular weight excluding hydrogens is 250 g/mol. The first-order valence-corrected chi connectivity index (χ1v) is 6.32. The number of benzene rings is 1. The maximum atomic E-state index is 12.1. The van der Waals surface area contributed by atoms with Crippen molar-refractivity contribution in [2.45, 2.75) is 6.92 Å². The van der Waals surface area contributed by atoms with E-state index in [1.165, 1.54) is 0 Å². The van der Waals surface area contributed by atoms with Crippen LogP contribution in [-0.4, -0.2) is 15.9 Å². The van der Waals surface area contributed by atoms with E-state index in [9.17, 15) is 4.79 Å². The summed E-state index contributed by atoms with van der Waals surface area (Å²) in [5, 5.41) is 3.81. The fraction of sp³-hybridized carbons (Fsp3) is 0.0625. The van der Waals surface area contributed by atoms with Crippen molar-refractivity contribution in [2.24, 2.45) is 0 Å². The Bertz CT molecular complexity index is 769. The van der Waals surface area contributed by atoms with Crippen molar-refractivity contribution in [3.63, 3.8) is 0 Å². The first-order chi connectivity index (χ1) is 9.75. The van der Waals surface area contributed by atoms with Crippen LogP contribution >= 0.6 is 0 Å². The predicted molar refractivity (Wildman–Crippen MR) is 78.7 cm³/mol. The number of hydrogen-bond donors (Lipinski definition) is 1. The summed E-state index contributed by atoms with van der Waals surface area (Å²) in [6.45, 7) is 2.00. The molecule has 3 aromatic rings. The zero-order valence-electron chi connectivity index (χ0n) is 11.0. The van der Waals surface area contributed by atoms with Gasteiger partial charge >= 0.3 is 0 Å². The van der Waals surface area contributed by atoms with E-state index in [4.69, 9.17) is 0 Å². The second-order valence-electron chi connectivity index (χ2n) is 4.50. The highest BCUT2D eigenvalue weighted by Gasteiger charge is 2.09. The van der Waals surface area contributed by atoms with Gasteiger partial charge in [0.25, 0.3) is 5.91 Å². The number of para-hydroxylation sites is 1. The Morgan fingerprint density at radius 3 is 2.70 bits per heavy atom. The Balaban J connectivity index is 2.00. The van der Waals surface area contributed by atoms with E-state index >= 15 is 0 Å². The zero-order chi connectivity index (χ0) is 13.9. The van der Waals surface area contributed by atoms with Crippen LogP contribution in [-0.2, 0) is 0 Å². The van der Waals surface area contributed by atoms with Gasteiger partial charge in [0, 0.05) is 17.8 Å². The van der Waals surface area contributed by atoms with Gasteiger partial charge < -0.3 is 5.32 Å². The highest BCUT2D eigenvalue weighted by atomic mass is 16.1. The number of carbonyl (C=O) groups excluding carboxylic acids is 1. The van der Waals surface area contributed by atoms with Crippen LogP contribution < -0.4 is 5.32 Å². The van der Waals surface area contributed by atoms with Crippen molar-refractivity contribution >= 4 is 22.5 Å². The molecule has 4 nitrogen and oxygen atoms in total. The number of aryl methyl sites for hydroxylation is 1. The molecule has 0 bridgehead atoms. The Kier molecular flexibility index (Phi) is 3.13. The Labute approximate surface area is 116 Å². The van der Waals surface area contributed by atoms with Crippen LogP contribution in [0.25, 0.3) is 10.9 Å². The summed E-state index contributed by atoms with van der Waals surface area (Å²) >= 11 is 0. The van der Waals surface area contributed by atoms with E-state index in [0.29, 0.717) is 5.69 Å². The van der Waals surface area contributed by atoms with Gasteiger partial charge in [-0.25, -0.2) is 0 Å². The SMILES string of the molecule is Cc1cccc2c(NC(=O)c3ccccn3)ccnc12. The van der Waals surface area contributed by atoms with Crippen LogP contribution in [0.2, 0.25) is 0 Å². The van der Waals surface area contributed by atoms with Gasteiger partial charge in [0.15, 0.2) is 0 Å². The van der Waals surface area contributed by atoms with E-state index in [1.807, 2.05) is 25.1 Å². The van der Waals surface area contributed by atoms with E-state index in [2.05, 4.69) is 15.3 Å². The van der Waals surface area contributed by atoms with Crippen LogP contribution in [0.4, 0.5) is 5.69 Å². The first-order valence-electron chi connectivity index (χ1n) is 6.32. The van der Waals surface area contributed by atoms with Crippen LogP contribution in [0, 0.1) is 6.92 Å². The standard InChI is InChI=1S/C16H13N3O/c1-11-5-4-6-12-13(8-10-18-15(11)12)19-16(20)14-7-2-3-9-17-14/h2-10H,1H3,(H,18,19,20). The fourth-order valence-corrected chi connectivity index (χ4v) is 2.12. The second-order valence-corrected chi connectivity index (χ2v) is 4.50. The number of fused-ring (bicyclic) bond motifs is 1. The number of pyridine rings is 2. The lowest BCUT2D eigenvalue weighted by molar-refractivity contribution is 0.102. The highest BCUT2D eigenvalue weighted by molar-refractivity contribution is 6.07. The van der Waals surface area contributed by atoms with Crippen LogP contribution in [0.15, 0.2) is 54.9 Å². The molecule has 0 saturated heterocycles. The molecule has 0 spiro atoms. The molecule has 0 fully saturated rings. The molecule has 1 amide bonds. The number of nitrogens with zero attached hydrogens (tertiary/aromatic N) is 2. The number of rotatable bonds is 2.